The van der Waals surface area contributed by atoms with Crippen LogP contribution in [0.25, 0.3) is 0 Å². The van der Waals surface area contributed by atoms with E-state index in [4.69, 9.17) is 9.84 Å². The first-order valence-corrected chi connectivity index (χ1v) is 5.56. The summed E-state index contributed by atoms with van der Waals surface area (Å²) in [7, 11) is 0. The minimum absolute atomic E-state index is 0.130. The van der Waals surface area contributed by atoms with Gasteiger partial charge < -0.3 is 20.1 Å². The Kier molecular flexibility index (Phi) is 4.43. The fraction of sp³-hybridized carbons (Fsp3) is 0.545. The van der Waals surface area contributed by atoms with E-state index >= 15 is 0 Å². The summed E-state index contributed by atoms with van der Waals surface area (Å²) in [6, 6.07) is 0. The molecule has 0 saturated heterocycles. The van der Waals surface area contributed by atoms with Gasteiger partial charge in [0.05, 0.1) is 11.9 Å². The maximum Gasteiger partial charge on any atom is 0.354 e. The SMILES string of the molecule is CCOC(C)(C)CNC(=O)c1nc[nH]c1C(=O)O. The molecule has 0 aliphatic carbocycles. The summed E-state index contributed by atoms with van der Waals surface area (Å²) in [6.07, 6.45) is 1.17. The number of carboxylic acids is 1. The van der Waals surface area contributed by atoms with Gasteiger partial charge in [0, 0.05) is 13.2 Å². The normalized spacial score (nSPS) is 11.3. The number of aromatic carboxylic acids is 1. The van der Waals surface area contributed by atoms with Crippen LogP contribution in [0.1, 0.15) is 41.7 Å². The van der Waals surface area contributed by atoms with Crippen molar-refractivity contribution in [2.45, 2.75) is 26.4 Å². The zero-order chi connectivity index (χ0) is 13.8. The number of hydrogen-bond acceptors (Lipinski definition) is 4. The van der Waals surface area contributed by atoms with E-state index in [0.717, 1.165) is 0 Å². The predicted molar refractivity (Wildman–Crippen MR) is 63.6 cm³/mol. The summed E-state index contributed by atoms with van der Waals surface area (Å²) in [6.45, 7) is 6.33. The van der Waals surface area contributed by atoms with Crippen molar-refractivity contribution in [3.05, 3.63) is 17.7 Å². The van der Waals surface area contributed by atoms with Crippen LogP contribution in [0.5, 0.6) is 0 Å². The molecule has 1 rings (SSSR count). The Bertz CT molecular complexity index is 439. The molecule has 0 spiro atoms. The molecule has 1 heterocycles. The highest BCUT2D eigenvalue weighted by atomic mass is 16.5. The van der Waals surface area contributed by atoms with Crippen LogP contribution < -0.4 is 5.32 Å². The first kappa shape index (κ1) is 14.2. The van der Waals surface area contributed by atoms with Crippen LogP contribution >= 0.6 is 0 Å². The van der Waals surface area contributed by atoms with Gasteiger partial charge in [0.2, 0.25) is 0 Å². The third kappa shape index (κ3) is 3.56. The van der Waals surface area contributed by atoms with E-state index in [-0.39, 0.29) is 17.9 Å². The lowest BCUT2D eigenvalue weighted by molar-refractivity contribution is -0.00818. The Morgan fingerprint density at radius 1 is 1.56 bits per heavy atom. The Morgan fingerprint density at radius 2 is 2.22 bits per heavy atom. The standard InChI is InChI=1S/C11H17N3O4/c1-4-18-11(2,3)5-12-9(15)7-8(10(16)17)14-6-13-7/h6H,4-5H2,1-3H3,(H,12,15)(H,13,14)(H,16,17). The van der Waals surface area contributed by atoms with Crippen LogP contribution in [0.15, 0.2) is 6.33 Å². The zero-order valence-corrected chi connectivity index (χ0v) is 10.6. The molecule has 18 heavy (non-hydrogen) atoms. The minimum Gasteiger partial charge on any atom is -0.477 e. The molecule has 100 valence electrons. The number of aromatic nitrogens is 2. The average Bonchev–Trinajstić information content (AvgIpc) is 2.74. The number of ether oxygens (including phenoxy) is 1. The van der Waals surface area contributed by atoms with Crippen molar-refractivity contribution >= 4 is 11.9 Å². The second-order valence-corrected chi connectivity index (χ2v) is 4.31. The molecule has 0 atom stereocenters. The number of nitrogens with zero attached hydrogens (tertiary/aromatic N) is 1. The Balaban J connectivity index is 2.66. The van der Waals surface area contributed by atoms with E-state index in [9.17, 15) is 9.59 Å². The number of amides is 1. The number of nitrogens with one attached hydrogen (secondary N) is 2. The topological polar surface area (TPSA) is 104 Å². The van der Waals surface area contributed by atoms with Crippen molar-refractivity contribution in [1.29, 1.82) is 0 Å². The van der Waals surface area contributed by atoms with Gasteiger partial charge in [-0.25, -0.2) is 9.78 Å². The molecule has 0 bridgehead atoms. The summed E-state index contributed by atoms with van der Waals surface area (Å²) in [5, 5.41) is 11.4. The van der Waals surface area contributed by atoms with E-state index in [1.807, 2.05) is 20.8 Å². The molecule has 1 aromatic rings. The summed E-state index contributed by atoms with van der Waals surface area (Å²) in [5.74, 6) is -1.76. The fourth-order valence-electron chi connectivity index (χ4n) is 1.45. The maximum absolute atomic E-state index is 11.8. The lowest BCUT2D eigenvalue weighted by atomic mass is 10.1. The number of carboxylic acid groups (broad SMARTS) is 1. The van der Waals surface area contributed by atoms with Gasteiger partial charge in [-0.1, -0.05) is 0 Å². The molecule has 3 N–H and O–H groups in total. The summed E-state index contributed by atoms with van der Waals surface area (Å²) in [5.41, 5.74) is -0.860. The van der Waals surface area contributed by atoms with Gasteiger partial charge in [-0.3, -0.25) is 4.79 Å². The molecule has 7 nitrogen and oxygen atoms in total. The molecule has 0 fully saturated rings. The number of carbonyl (C=O) groups is 2. The highest BCUT2D eigenvalue weighted by Crippen LogP contribution is 2.08. The number of aromatic amines is 1. The van der Waals surface area contributed by atoms with Gasteiger partial charge in [-0.2, -0.15) is 0 Å². The number of imidazole rings is 1. The molecule has 0 saturated carbocycles. The van der Waals surface area contributed by atoms with Crippen molar-refractivity contribution in [1.82, 2.24) is 15.3 Å². The van der Waals surface area contributed by atoms with Crippen LogP contribution in [-0.4, -0.2) is 45.7 Å². The van der Waals surface area contributed by atoms with E-state index in [1.54, 1.807) is 0 Å². The van der Waals surface area contributed by atoms with Gasteiger partial charge >= 0.3 is 5.97 Å². The molecule has 7 heteroatoms. The highest BCUT2D eigenvalue weighted by Gasteiger charge is 2.23. The number of hydrogen-bond donors (Lipinski definition) is 3. The van der Waals surface area contributed by atoms with Crippen molar-refractivity contribution in [2.75, 3.05) is 13.2 Å². The Morgan fingerprint density at radius 3 is 2.78 bits per heavy atom. The number of carbonyl (C=O) groups excluding carboxylic acids is 1. The Labute approximate surface area is 105 Å². The summed E-state index contributed by atoms with van der Waals surface area (Å²) >= 11 is 0. The van der Waals surface area contributed by atoms with Gasteiger partial charge in [0.15, 0.2) is 11.4 Å². The van der Waals surface area contributed by atoms with Crippen molar-refractivity contribution in [3.8, 4) is 0 Å². The van der Waals surface area contributed by atoms with Crippen LogP contribution in [0, 0.1) is 0 Å². The van der Waals surface area contributed by atoms with Crippen LogP contribution in [0.4, 0.5) is 0 Å². The van der Waals surface area contributed by atoms with Gasteiger partial charge in [-0.05, 0) is 20.8 Å². The first-order chi connectivity index (χ1) is 8.37. The predicted octanol–water partition coefficient (Wildman–Crippen LogP) is 0.653. The molecule has 0 radical (unpaired) electrons. The lowest BCUT2D eigenvalue weighted by Crippen LogP contribution is -2.41. The van der Waals surface area contributed by atoms with Crippen LogP contribution in [-0.2, 0) is 4.74 Å². The van der Waals surface area contributed by atoms with E-state index in [1.165, 1.54) is 6.33 Å². The third-order valence-corrected chi connectivity index (χ3v) is 2.28. The maximum atomic E-state index is 11.8. The number of rotatable bonds is 6. The smallest absolute Gasteiger partial charge is 0.354 e. The average molecular weight is 255 g/mol. The lowest BCUT2D eigenvalue weighted by Gasteiger charge is -2.24. The van der Waals surface area contributed by atoms with Gasteiger partial charge in [0.1, 0.15) is 0 Å². The molecule has 1 aromatic heterocycles. The van der Waals surface area contributed by atoms with E-state index < -0.39 is 17.5 Å². The Hall–Kier alpha value is -1.89. The second kappa shape index (κ2) is 5.63. The molecule has 0 unspecified atom stereocenters. The molecule has 0 aliphatic rings. The summed E-state index contributed by atoms with van der Waals surface area (Å²) in [4.78, 5) is 28.7. The molecular formula is C11H17N3O4. The quantitative estimate of drug-likeness (QED) is 0.692. The monoisotopic (exact) mass is 255 g/mol. The molecule has 1 amide bonds. The molecular weight excluding hydrogens is 238 g/mol. The second-order valence-electron chi connectivity index (χ2n) is 4.31. The van der Waals surface area contributed by atoms with E-state index in [0.29, 0.717) is 6.61 Å². The largest absolute Gasteiger partial charge is 0.477 e. The molecule has 0 aliphatic heterocycles. The van der Waals surface area contributed by atoms with Crippen molar-refractivity contribution in [3.63, 3.8) is 0 Å². The van der Waals surface area contributed by atoms with Crippen LogP contribution in [0.3, 0.4) is 0 Å². The molecule has 0 aromatic carbocycles. The minimum atomic E-state index is -1.22. The summed E-state index contributed by atoms with van der Waals surface area (Å²) < 4.78 is 5.42. The number of H-pyrrole nitrogens is 1. The van der Waals surface area contributed by atoms with Gasteiger partial charge in [0.25, 0.3) is 5.91 Å². The van der Waals surface area contributed by atoms with Crippen molar-refractivity contribution in [2.24, 2.45) is 0 Å². The van der Waals surface area contributed by atoms with Crippen molar-refractivity contribution < 1.29 is 19.4 Å². The van der Waals surface area contributed by atoms with E-state index in [2.05, 4.69) is 15.3 Å². The van der Waals surface area contributed by atoms with Crippen LogP contribution in [0.2, 0.25) is 0 Å². The zero-order valence-electron chi connectivity index (χ0n) is 10.6. The third-order valence-electron chi connectivity index (χ3n) is 2.28. The van der Waals surface area contributed by atoms with Gasteiger partial charge in [-0.15, -0.1) is 0 Å². The first-order valence-electron chi connectivity index (χ1n) is 5.56. The fourth-order valence-corrected chi connectivity index (χ4v) is 1.45. The highest BCUT2D eigenvalue weighted by molar-refractivity contribution is 6.02.